The number of hydrogen-bond acceptors (Lipinski definition) is 3. The summed E-state index contributed by atoms with van der Waals surface area (Å²) in [7, 11) is 0. The SMILES string of the molecule is CC1(CCNC(=O)C(c2ccccc2)C2CC2)OCCO1. The molecule has 0 bridgehead atoms. The first kappa shape index (κ1) is 14.5. The molecule has 0 spiro atoms. The van der Waals surface area contributed by atoms with Crippen LogP contribution in [0.5, 0.6) is 0 Å². The van der Waals surface area contributed by atoms with Gasteiger partial charge in [0.15, 0.2) is 5.79 Å². The highest BCUT2D eigenvalue weighted by Gasteiger charge is 2.37. The van der Waals surface area contributed by atoms with Crippen LogP contribution in [-0.2, 0) is 14.3 Å². The molecule has 4 heteroatoms. The second kappa shape index (κ2) is 6.16. The number of carbonyl (C=O) groups is 1. The van der Waals surface area contributed by atoms with Gasteiger partial charge in [0.1, 0.15) is 0 Å². The Labute approximate surface area is 125 Å². The van der Waals surface area contributed by atoms with Gasteiger partial charge in [0.05, 0.1) is 19.1 Å². The van der Waals surface area contributed by atoms with Crippen LogP contribution < -0.4 is 5.32 Å². The number of nitrogens with one attached hydrogen (secondary N) is 1. The largest absolute Gasteiger partial charge is 0.355 e. The predicted octanol–water partition coefficient (Wildman–Crippen LogP) is 2.45. The monoisotopic (exact) mass is 289 g/mol. The van der Waals surface area contributed by atoms with Gasteiger partial charge in [0, 0.05) is 13.0 Å². The maximum atomic E-state index is 12.5. The standard InChI is InChI=1S/C17H23NO3/c1-17(20-11-12-21-17)9-10-18-16(19)15(14-7-8-14)13-5-3-2-4-6-13/h2-6,14-15H,7-12H2,1H3,(H,18,19). The molecule has 1 saturated heterocycles. The lowest BCUT2D eigenvalue weighted by Gasteiger charge is -2.23. The minimum Gasteiger partial charge on any atom is -0.355 e. The Morgan fingerprint density at radius 1 is 1.29 bits per heavy atom. The van der Waals surface area contributed by atoms with Gasteiger partial charge in [-0.05, 0) is 31.2 Å². The van der Waals surface area contributed by atoms with Crippen molar-refractivity contribution >= 4 is 5.91 Å². The molecule has 1 aliphatic heterocycles. The van der Waals surface area contributed by atoms with Gasteiger partial charge in [-0.2, -0.15) is 0 Å². The Morgan fingerprint density at radius 3 is 2.57 bits per heavy atom. The van der Waals surface area contributed by atoms with E-state index in [2.05, 4.69) is 5.32 Å². The second-order valence-electron chi connectivity index (χ2n) is 6.10. The van der Waals surface area contributed by atoms with Gasteiger partial charge in [0.2, 0.25) is 5.91 Å². The quantitative estimate of drug-likeness (QED) is 0.875. The Hall–Kier alpha value is -1.39. The molecule has 2 fully saturated rings. The summed E-state index contributed by atoms with van der Waals surface area (Å²) in [5, 5.41) is 3.06. The molecule has 1 aromatic rings. The van der Waals surface area contributed by atoms with Crippen LogP contribution in [0.25, 0.3) is 0 Å². The topological polar surface area (TPSA) is 47.6 Å². The van der Waals surface area contributed by atoms with Crippen molar-refractivity contribution in [3.8, 4) is 0 Å². The van der Waals surface area contributed by atoms with Crippen LogP contribution >= 0.6 is 0 Å². The van der Waals surface area contributed by atoms with E-state index in [-0.39, 0.29) is 11.8 Å². The molecule has 1 amide bonds. The molecule has 114 valence electrons. The summed E-state index contributed by atoms with van der Waals surface area (Å²) in [6, 6.07) is 10.1. The number of amides is 1. The van der Waals surface area contributed by atoms with E-state index in [9.17, 15) is 4.79 Å². The van der Waals surface area contributed by atoms with Gasteiger partial charge in [-0.25, -0.2) is 0 Å². The summed E-state index contributed by atoms with van der Waals surface area (Å²) in [5.41, 5.74) is 1.12. The fourth-order valence-corrected chi connectivity index (χ4v) is 2.95. The van der Waals surface area contributed by atoms with Crippen molar-refractivity contribution in [3.63, 3.8) is 0 Å². The van der Waals surface area contributed by atoms with Gasteiger partial charge < -0.3 is 14.8 Å². The molecule has 3 rings (SSSR count). The van der Waals surface area contributed by atoms with Crippen molar-refractivity contribution in [2.45, 2.75) is 37.9 Å². The maximum absolute atomic E-state index is 12.5. The summed E-state index contributed by atoms with van der Waals surface area (Å²) in [6.45, 7) is 3.80. The molecule has 1 aliphatic carbocycles. The highest BCUT2D eigenvalue weighted by molar-refractivity contribution is 5.84. The number of benzene rings is 1. The highest BCUT2D eigenvalue weighted by atomic mass is 16.7. The lowest BCUT2D eigenvalue weighted by molar-refractivity contribution is -0.146. The smallest absolute Gasteiger partial charge is 0.227 e. The van der Waals surface area contributed by atoms with Gasteiger partial charge >= 0.3 is 0 Å². The van der Waals surface area contributed by atoms with Crippen molar-refractivity contribution < 1.29 is 14.3 Å². The summed E-state index contributed by atoms with van der Waals surface area (Å²) >= 11 is 0. The first-order chi connectivity index (χ1) is 10.2. The zero-order valence-corrected chi connectivity index (χ0v) is 12.5. The van der Waals surface area contributed by atoms with Crippen LogP contribution in [0.1, 0.15) is 37.7 Å². The molecule has 1 unspecified atom stereocenters. The van der Waals surface area contributed by atoms with E-state index in [1.807, 2.05) is 37.3 Å². The van der Waals surface area contributed by atoms with Crippen LogP contribution in [0, 0.1) is 5.92 Å². The summed E-state index contributed by atoms with van der Waals surface area (Å²) in [4.78, 5) is 12.5. The van der Waals surface area contributed by atoms with E-state index in [0.29, 0.717) is 32.1 Å². The fraction of sp³-hybridized carbons (Fsp3) is 0.588. The molecule has 21 heavy (non-hydrogen) atoms. The molecular formula is C17H23NO3. The number of rotatable bonds is 6. The molecule has 1 N–H and O–H groups in total. The zero-order valence-electron chi connectivity index (χ0n) is 12.5. The molecule has 0 radical (unpaired) electrons. The van der Waals surface area contributed by atoms with E-state index in [4.69, 9.17) is 9.47 Å². The van der Waals surface area contributed by atoms with Crippen LogP contribution in [0.2, 0.25) is 0 Å². The van der Waals surface area contributed by atoms with E-state index >= 15 is 0 Å². The molecule has 1 aromatic carbocycles. The molecular weight excluding hydrogens is 266 g/mol. The number of ether oxygens (including phenoxy) is 2. The van der Waals surface area contributed by atoms with Crippen LogP contribution in [-0.4, -0.2) is 31.5 Å². The molecule has 2 aliphatic rings. The molecule has 0 aromatic heterocycles. The predicted molar refractivity (Wildman–Crippen MR) is 79.8 cm³/mol. The first-order valence-electron chi connectivity index (χ1n) is 7.78. The Bertz CT molecular complexity index is 478. The van der Waals surface area contributed by atoms with E-state index in [1.165, 1.54) is 0 Å². The van der Waals surface area contributed by atoms with Crippen molar-refractivity contribution in [1.82, 2.24) is 5.32 Å². The maximum Gasteiger partial charge on any atom is 0.227 e. The van der Waals surface area contributed by atoms with Crippen molar-refractivity contribution in [2.24, 2.45) is 5.92 Å². The minimum atomic E-state index is -0.533. The lowest BCUT2D eigenvalue weighted by Crippen LogP contribution is -2.36. The second-order valence-corrected chi connectivity index (χ2v) is 6.10. The van der Waals surface area contributed by atoms with Crippen LogP contribution in [0.15, 0.2) is 30.3 Å². The zero-order chi connectivity index (χ0) is 14.7. The van der Waals surface area contributed by atoms with Gasteiger partial charge in [0.25, 0.3) is 0 Å². The molecule has 4 nitrogen and oxygen atoms in total. The first-order valence-corrected chi connectivity index (χ1v) is 7.78. The summed E-state index contributed by atoms with van der Waals surface area (Å²) < 4.78 is 11.1. The normalized spacial score (nSPS) is 22.0. The highest BCUT2D eigenvalue weighted by Crippen LogP contribution is 2.42. The van der Waals surface area contributed by atoms with Gasteiger partial charge in [-0.3, -0.25) is 4.79 Å². The average Bonchev–Trinajstić information content (AvgIpc) is 3.22. The third kappa shape index (κ3) is 3.63. The third-order valence-corrected chi connectivity index (χ3v) is 4.31. The summed E-state index contributed by atoms with van der Waals surface area (Å²) in [6.07, 6.45) is 2.98. The van der Waals surface area contributed by atoms with E-state index in [1.54, 1.807) is 0 Å². The van der Waals surface area contributed by atoms with Gasteiger partial charge in [-0.15, -0.1) is 0 Å². The molecule has 1 heterocycles. The van der Waals surface area contributed by atoms with E-state index < -0.39 is 5.79 Å². The number of carbonyl (C=O) groups excluding carboxylic acids is 1. The Morgan fingerprint density at radius 2 is 1.95 bits per heavy atom. The van der Waals surface area contributed by atoms with Crippen LogP contribution in [0.3, 0.4) is 0 Å². The van der Waals surface area contributed by atoms with E-state index in [0.717, 1.165) is 18.4 Å². The van der Waals surface area contributed by atoms with Gasteiger partial charge in [-0.1, -0.05) is 30.3 Å². The van der Waals surface area contributed by atoms with Crippen LogP contribution in [0.4, 0.5) is 0 Å². The molecule has 1 saturated carbocycles. The Kier molecular flexibility index (Phi) is 4.27. The van der Waals surface area contributed by atoms with Crippen molar-refractivity contribution in [2.75, 3.05) is 19.8 Å². The minimum absolute atomic E-state index is 0.00980. The Balaban J connectivity index is 1.55. The summed E-state index contributed by atoms with van der Waals surface area (Å²) in [5.74, 6) is 0.0893. The lowest BCUT2D eigenvalue weighted by atomic mass is 9.93. The molecule has 1 atom stereocenters. The van der Waals surface area contributed by atoms with Crippen molar-refractivity contribution in [1.29, 1.82) is 0 Å². The number of hydrogen-bond donors (Lipinski definition) is 1. The average molecular weight is 289 g/mol. The third-order valence-electron chi connectivity index (χ3n) is 4.31. The van der Waals surface area contributed by atoms with Crippen molar-refractivity contribution in [3.05, 3.63) is 35.9 Å². The fourth-order valence-electron chi connectivity index (χ4n) is 2.95.